The van der Waals surface area contributed by atoms with Gasteiger partial charge < -0.3 is 24.1 Å². The lowest BCUT2D eigenvalue weighted by Crippen LogP contribution is -2.09. The second-order valence-electron chi connectivity index (χ2n) is 5.67. The van der Waals surface area contributed by atoms with E-state index in [0.717, 1.165) is 11.3 Å². The Morgan fingerprint density at radius 3 is 2.14 bits per heavy atom. The van der Waals surface area contributed by atoms with Crippen molar-refractivity contribution in [2.75, 3.05) is 27.9 Å². The Hall–Kier alpha value is -3.48. The van der Waals surface area contributed by atoms with E-state index in [4.69, 9.17) is 24.1 Å². The number of carbonyl (C=O) groups excluding carboxylic acids is 1. The summed E-state index contributed by atoms with van der Waals surface area (Å²) in [6.45, 7) is -0.0892. The number of ether oxygens (including phenoxy) is 4. The molecule has 0 atom stereocenters. The number of carboxylic acids is 1. The van der Waals surface area contributed by atoms with Gasteiger partial charge in [0.1, 0.15) is 28.6 Å². The molecule has 0 fully saturated rings. The molecule has 0 spiro atoms. The van der Waals surface area contributed by atoms with Gasteiger partial charge in [0.2, 0.25) is 0 Å². The van der Waals surface area contributed by atoms with E-state index in [2.05, 4.69) is 0 Å². The van der Waals surface area contributed by atoms with E-state index in [1.54, 1.807) is 31.4 Å². The number of hydrogen-bond acceptors (Lipinski definition) is 6. The smallest absolute Gasteiger partial charge is 0.306 e. The summed E-state index contributed by atoms with van der Waals surface area (Å²) in [7, 11) is 4.48. The summed E-state index contributed by atoms with van der Waals surface area (Å²) in [5.41, 5.74) is 1.01. The highest BCUT2D eigenvalue weighted by Crippen LogP contribution is 2.35. The van der Waals surface area contributed by atoms with Crippen LogP contribution in [0.4, 0.5) is 0 Å². The van der Waals surface area contributed by atoms with Crippen LogP contribution < -0.4 is 18.9 Å². The van der Waals surface area contributed by atoms with Crippen molar-refractivity contribution in [2.24, 2.45) is 0 Å². The minimum absolute atomic E-state index is 0.0892. The van der Waals surface area contributed by atoms with Crippen molar-refractivity contribution in [2.45, 2.75) is 6.42 Å². The van der Waals surface area contributed by atoms with Gasteiger partial charge in [-0.2, -0.15) is 0 Å². The highest BCUT2D eigenvalue weighted by molar-refractivity contribution is 6.10. The molecule has 2 aromatic carbocycles. The van der Waals surface area contributed by atoms with Gasteiger partial charge >= 0.3 is 5.97 Å². The average molecular weight is 386 g/mol. The van der Waals surface area contributed by atoms with E-state index in [1.807, 2.05) is 12.1 Å². The summed E-state index contributed by atoms with van der Waals surface area (Å²) in [5.74, 6) is 0.269. The molecule has 0 heterocycles. The van der Waals surface area contributed by atoms with Crippen molar-refractivity contribution in [3.05, 3.63) is 53.6 Å². The molecule has 0 saturated heterocycles. The zero-order valence-corrected chi connectivity index (χ0v) is 15.9. The third kappa shape index (κ3) is 5.51. The van der Waals surface area contributed by atoms with Crippen molar-refractivity contribution in [3.8, 4) is 23.0 Å². The molecule has 0 aliphatic heterocycles. The highest BCUT2D eigenvalue weighted by Gasteiger charge is 2.19. The lowest BCUT2D eigenvalue weighted by Gasteiger charge is -2.14. The fourth-order valence-corrected chi connectivity index (χ4v) is 2.42. The van der Waals surface area contributed by atoms with Crippen LogP contribution in [0.2, 0.25) is 0 Å². The summed E-state index contributed by atoms with van der Waals surface area (Å²) >= 11 is 0. The maximum absolute atomic E-state index is 12.8. The van der Waals surface area contributed by atoms with Gasteiger partial charge in [0.25, 0.3) is 0 Å². The van der Waals surface area contributed by atoms with Crippen LogP contribution in [0.5, 0.6) is 23.0 Å². The highest BCUT2D eigenvalue weighted by atomic mass is 16.5. The SMILES string of the molecule is COc1ccc(/C=C/C(=O)c2c(OC)cc(OC)cc2OCCC(=O)O)cc1. The summed E-state index contributed by atoms with van der Waals surface area (Å²) in [6, 6.07) is 10.3. The summed E-state index contributed by atoms with van der Waals surface area (Å²) in [6.07, 6.45) is 2.86. The molecule has 0 saturated carbocycles. The molecule has 0 amide bonds. The van der Waals surface area contributed by atoms with E-state index in [9.17, 15) is 9.59 Å². The first-order chi connectivity index (χ1) is 13.5. The van der Waals surface area contributed by atoms with Crippen LogP contribution in [0.15, 0.2) is 42.5 Å². The van der Waals surface area contributed by atoms with Gasteiger partial charge in [0.05, 0.1) is 34.4 Å². The average Bonchev–Trinajstić information content (AvgIpc) is 2.71. The first-order valence-electron chi connectivity index (χ1n) is 8.45. The van der Waals surface area contributed by atoms with Gasteiger partial charge in [-0.1, -0.05) is 18.2 Å². The number of carbonyl (C=O) groups is 2. The number of allylic oxidation sites excluding steroid dienone is 1. The number of carboxylic acid groups (broad SMARTS) is 1. The molecule has 7 nitrogen and oxygen atoms in total. The molecule has 2 aromatic rings. The van der Waals surface area contributed by atoms with Crippen molar-refractivity contribution in [1.82, 2.24) is 0 Å². The molecular weight excluding hydrogens is 364 g/mol. The quantitative estimate of drug-likeness (QED) is 0.494. The van der Waals surface area contributed by atoms with Gasteiger partial charge in [-0.15, -0.1) is 0 Å². The third-order valence-electron chi connectivity index (χ3n) is 3.86. The molecule has 1 N–H and O–H groups in total. The van der Waals surface area contributed by atoms with Crippen molar-refractivity contribution < 1.29 is 33.6 Å². The number of rotatable bonds is 10. The first-order valence-corrected chi connectivity index (χ1v) is 8.45. The summed E-state index contributed by atoms with van der Waals surface area (Å²) in [4.78, 5) is 23.6. The minimum Gasteiger partial charge on any atom is -0.497 e. The molecule has 0 unspecified atom stereocenters. The van der Waals surface area contributed by atoms with Gasteiger partial charge in [-0.25, -0.2) is 0 Å². The standard InChI is InChI=1S/C21H22O7/c1-25-15-7-4-14(5-8-15)6-9-17(22)21-18(27-3)12-16(26-2)13-19(21)28-11-10-20(23)24/h4-9,12-13H,10-11H2,1-3H3,(H,23,24)/b9-6+. The maximum Gasteiger partial charge on any atom is 0.306 e. The Kier molecular flexibility index (Phi) is 7.45. The molecular formula is C21H22O7. The van der Waals surface area contributed by atoms with Crippen LogP contribution in [-0.4, -0.2) is 44.8 Å². The van der Waals surface area contributed by atoms with Crippen LogP contribution in [0.3, 0.4) is 0 Å². The second kappa shape index (κ2) is 10.0. The van der Waals surface area contributed by atoms with Crippen LogP contribution in [0, 0.1) is 0 Å². The van der Waals surface area contributed by atoms with E-state index in [-0.39, 0.29) is 35.9 Å². The lowest BCUT2D eigenvalue weighted by atomic mass is 10.1. The maximum atomic E-state index is 12.8. The minimum atomic E-state index is -0.998. The normalized spacial score (nSPS) is 10.5. The molecule has 0 bridgehead atoms. The number of hydrogen-bond donors (Lipinski definition) is 1. The van der Waals surface area contributed by atoms with Gasteiger partial charge in [0.15, 0.2) is 5.78 Å². The molecule has 0 aliphatic rings. The molecule has 2 rings (SSSR count). The number of benzene rings is 2. The number of aliphatic carboxylic acids is 1. The first kappa shape index (κ1) is 20.8. The molecule has 0 aliphatic carbocycles. The van der Waals surface area contributed by atoms with Crippen LogP contribution in [0.25, 0.3) is 6.08 Å². The fourth-order valence-electron chi connectivity index (χ4n) is 2.42. The predicted octanol–water partition coefficient (Wildman–Crippen LogP) is 3.46. The Morgan fingerprint density at radius 2 is 1.57 bits per heavy atom. The van der Waals surface area contributed by atoms with E-state index < -0.39 is 5.97 Å². The van der Waals surface area contributed by atoms with Gasteiger partial charge in [-0.05, 0) is 23.8 Å². The Balaban J connectivity index is 2.32. The molecule has 148 valence electrons. The zero-order chi connectivity index (χ0) is 20.5. The van der Waals surface area contributed by atoms with Crippen molar-refractivity contribution in [3.63, 3.8) is 0 Å². The van der Waals surface area contributed by atoms with E-state index in [0.29, 0.717) is 5.75 Å². The van der Waals surface area contributed by atoms with Gasteiger partial charge in [0, 0.05) is 12.1 Å². The van der Waals surface area contributed by atoms with Gasteiger partial charge in [-0.3, -0.25) is 9.59 Å². The molecule has 0 radical (unpaired) electrons. The zero-order valence-electron chi connectivity index (χ0n) is 15.9. The molecule has 7 heteroatoms. The number of methoxy groups -OCH3 is 3. The van der Waals surface area contributed by atoms with Crippen LogP contribution in [0.1, 0.15) is 22.3 Å². The topological polar surface area (TPSA) is 91.3 Å². The third-order valence-corrected chi connectivity index (χ3v) is 3.86. The second-order valence-corrected chi connectivity index (χ2v) is 5.67. The molecule has 28 heavy (non-hydrogen) atoms. The van der Waals surface area contributed by atoms with Crippen molar-refractivity contribution >= 4 is 17.8 Å². The van der Waals surface area contributed by atoms with E-state index in [1.165, 1.54) is 26.4 Å². The monoisotopic (exact) mass is 386 g/mol. The largest absolute Gasteiger partial charge is 0.497 e. The number of ketones is 1. The van der Waals surface area contributed by atoms with E-state index >= 15 is 0 Å². The summed E-state index contributed by atoms with van der Waals surface area (Å²) < 4.78 is 21.1. The summed E-state index contributed by atoms with van der Waals surface area (Å²) in [5, 5.41) is 8.80. The van der Waals surface area contributed by atoms with Crippen LogP contribution in [-0.2, 0) is 4.79 Å². The fraction of sp³-hybridized carbons (Fsp3) is 0.238. The Bertz CT molecular complexity index is 854. The predicted molar refractivity (Wildman–Crippen MR) is 104 cm³/mol. The lowest BCUT2D eigenvalue weighted by molar-refractivity contribution is -0.137. The van der Waals surface area contributed by atoms with Crippen LogP contribution >= 0.6 is 0 Å². The Labute approximate surface area is 163 Å². The molecule has 0 aromatic heterocycles. The van der Waals surface area contributed by atoms with Crippen molar-refractivity contribution in [1.29, 1.82) is 0 Å². The Morgan fingerprint density at radius 1 is 0.929 bits per heavy atom.